The molecule has 0 aromatic carbocycles. The van der Waals surface area contributed by atoms with Gasteiger partial charge in [-0.2, -0.15) is 0 Å². The number of methoxy groups -OCH3 is 1. The molecule has 0 spiro atoms. The van der Waals surface area contributed by atoms with Crippen LogP contribution in [0, 0.1) is 6.92 Å². The number of fused-ring (bicyclic) bond motifs is 1. The van der Waals surface area contributed by atoms with Crippen LogP contribution in [0.25, 0.3) is 0 Å². The summed E-state index contributed by atoms with van der Waals surface area (Å²) < 4.78 is 12.5. The molecular formula is C14H18N4O3. The van der Waals surface area contributed by atoms with Crippen LogP contribution in [0.5, 0.6) is 0 Å². The molecule has 1 aliphatic rings. The van der Waals surface area contributed by atoms with Crippen molar-refractivity contribution in [3.8, 4) is 0 Å². The molecule has 0 aliphatic carbocycles. The SMILES string of the molecule is COCc1cnc2n1CCN(C(=O)c1ocnc1C)C2C. The number of imidazole rings is 1. The van der Waals surface area contributed by atoms with Crippen molar-refractivity contribution in [2.45, 2.75) is 33.0 Å². The molecule has 0 radical (unpaired) electrons. The van der Waals surface area contributed by atoms with Gasteiger partial charge in [0.1, 0.15) is 5.82 Å². The Balaban J connectivity index is 1.87. The second kappa shape index (κ2) is 5.33. The van der Waals surface area contributed by atoms with Crippen molar-refractivity contribution >= 4 is 5.91 Å². The number of ether oxygens (including phenoxy) is 1. The second-order valence-corrected chi connectivity index (χ2v) is 5.13. The number of hydrogen-bond acceptors (Lipinski definition) is 5. The summed E-state index contributed by atoms with van der Waals surface area (Å²) >= 11 is 0. The van der Waals surface area contributed by atoms with Crippen molar-refractivity contribution in [2.24, 2.45) is 0 Å². The highest BCUT2D eigenvalue weighted by Crippen LogP contribution is 2.27. The molecule has 3 heterocycles. The number of aryl methyl sites for hydroxylation is 1. The molecule has 21 heavy (non-hydrogen) atoms. The number of amides is 1. The maximum atomic E-state index is 12.6. The summed E-state index contributed by atoms with van der Waals surface area (Å²) in [6, 6.07) is -0.110. The van der Waals surface area contributed by atoms with Gasteiger partial charge in [0.25, 0.3) is 5.91 Å². The van der Waals surface area contributed by atoms with Crippen LogP contribution in [0.1, 0.15) is 40.7 Å². The Morgan fingerprint density at radius 1 is 1.48 bits per heavy atom. The average molecular weight is 290 g/mol. The van der Waals surface area contributed by atoms with Crippen LogP contribution in [0.2, 0.25) is 0 Å². The Morgan fingerprint density at radius 3 is 2.95 bits per heavy atom. The number of hydrogen-bond donors (Lipinski definition) is 0. The number of rotatable bonds is 3. The molecule has 1 aliphatic heterocycles. The fourth-order valence-electron chi connectivity index (χ4n) is 2.74. The number of aromatic nitrogens is 3. The van der Waals surface area contributed by atoms with Crippen molar-refractivity contribution in [1.29, 1.82) is 0 Å². The van der Waals surface area contributed by atoms with Crippen LogP contribution in [0.4, 0.5) is 0 Å². The highest BCUT2D eigenvalue weighted by atomic mass is 16.5. The molecule has 112 valence electrons. The van der Waals surface area contributed by atoms with Crippen molar-refractivity contribution < 1.29 is 13.9 Å². The zero-order valence-corrected chi connectivity index (χ0v) is 12.4. The number of oxazole rings is 1. The van der Waals surface area contributed by atoms with Gasteiger partial charge in [-0.1, -0.05) is 0 Å². The molecule has 7 nitrogen and oxygen atoms in total. The summed E-state index contributed by atoms with van der Waals surface area (Å²) in [5.74, 6) is 1.04. The average Bonchev–Trinajstić information content (AvgIpc) is 3.06. The quantitative estimate of drug-likeness (QED) is 0.857. The van der Waals surface area contributed by atoms with Gasteiger partial charge in [-0.3, -0.25) is 4.79 Å². The molecule has 0 N–H and O–H groups in total. The summed E-state index contributed by atoms with van der Waals surface area (Å²) in [6.07, 6.45) is 3.11. The molecule has 7 heteroatoms. The first kappa shape index (κ1) is 13.8. The van der Waals surface area contributed by atoms with E-state index in [0.717, 1.165) is 11.5 Å². The minimum absolute atomic E-state index is 0.110. The van der Waals surface area contributed by atoms with E-state index in [1.165, 1.54) is 6.39 Å². The van der Waals surface area contributed by atoms with Gasteiger partial charge < -0.3 is 18.6 Å². The molecule has 1 amide bonds. The summed E-state index contributed by atoms with van der Waals surface area (Å²) in [5, 5.41) is 0. The van der Waals surface area contributed by atoms with E-state index < -0.39 is 0 Å². The minimum atomic E-state index is -0.139. The van der Waals surface area contributed by atoms with Gasteiger partial charge in [-0.05, 0) is 13.8 Å². The first-order valence-electron chi connectivity index (χ1n) is 6.87. The van der Waals surface area contributed by atoms with Crippen molar-refractivity contribution in [3.05, 3.63) is 35.6 Å². The largest absolute Gasteiger partial charge is 0.438 e. The van der Waals surface area contributed by atoms with Crippen molar-refractivity contribution in [2.75, 3.05) is 13.7 Å². The molecule has 0 saturated heterocycles. The number of nitrogens with zero attached hydrogens (tertiary/aromatic N) is 4. The summed E-state index contributed by atoms with van der Waals surface area (Å²) in [5.41, 5.74) is 1.64. The van der Waals surface area contributed by atoms with E-state index in [4.69, 9.17) is 9.15 Å². The maximum absolute atomic E-state index is 12.6. The predicted octanol–water partition coefficient (Wildman–Crippen LogP) is 1.54. The van der Waals surface area contributed by atoms with Gasteiger partial charge in [0, 0.05) is 20.2 Å². The number of carbonyl (C=O) groups excluding carboxylic acids is 1. The van der Waals surface area contributed by atoms with Crippen molar-refractivity contribution in [1.82, 2.24) is 19.4 Å². The van der Waals surface area contributed by atoms with Crippen LogP contribution in [-0.4, -0.2) is 39.0 Å². The van der Waals surface area contributed by atoms with Crippen LogP contribution in [0.3, 0.4) is 0 Å². The van der Waals surface area contributed by atoms with E-state index in [0.29, 0.717) is 31.2 Å². The predicted molar refractivity (Wildman–Crippen MR) is 73.6 cm³/mol. The van der Waals surface area contributed by atoms with Crippen LogP contribution >= 0.6 is 0 Å². The second-order valence-electron chi connectivity index (χ2n) is 5.13. The Morgan fingerprint density at radius 2 is 2.29 bits per heavy atom. The Labute approximate surface area is 122 Å². The van der Waals surface area contributed by atoms with E-state index in [1.807, 2.05) is 13.1 Å². The van der Waals surface area contributed by atoms with Crippen LogP contribution in [0.15, 0.2) is 17.0 Å². The van der Waals surface area contributed by atoms with E-state index in [-0.39, 0.29) is 11.9 Å². The smallest absolute Gasteiger partial charge is 0.292 e. The summed E-state index contributed by atoms with van der Waals surface area (Å²) in [7, 11) is 1.66. The molecule has 3 rings (SSSR count). The van der Waals surface area contributed by atoms with Gasteiger partial charge in [0.05, 0.1) is 30.2 Å². The molecule has 2 aromatic heterocycles. The number of carbonyl (C=O) groups is 1. The molecular weight excluding hydrogens is 272 g/mol. The zero-order valence-electron chi connectivity index (χ0n) is 12.4. The standard InChI is InChI=1S/C14H18N4O3/c1-9-12(21-8-16-9)14(19)17-4-5-18-11(7-20-3)6-15-13(18)10(17)2/h6,8,10H,4-5,7H2,1-3H3. The lowest BCUT2D eigenvalue weighted by Gasteiger charge is -2.33. The molecule has 1 atom stereocenters. The minimum Gasteiger partial charge on any atom is -0.438 e. The van der Waals surface area contributed by atoms with Crippen LogP contribution in [-0.2, 0) is 17.9 Å². The topological polar surface area (TPSA) is 73.4 Å². The summed E-state index contributed by atoms with van der Waals surface area (Å²) in [4.78, 5) is 22.7. The normalized spacial score (nSPS) is 17.9. The molecule has 0 saturated carbocycles. The lowest BCUT2D eigenvalue weighted by Crippen LogP contribution is -2.41. The third-order valence-electron chi connectivity index (χ3n) is 3.87. The third kappa shape index (κ3) is 2.23. The van der Waals surface area contributed by atoms with Crippen LogP contribution < -0.4 is 0 Å². The molecule has 0 fully saturated rings. The van der Waals surface area contributed by atoms with Gasteiger partial charge in [0.2, 0.25) is 5.76 Å². The van der Waals surface area contributed by atoms with Gasteiger partial charge in [-0.15, -0.1) is 0 Å². The molecule has 1 unspecified atom stereocenters. The molecule has 0 bridgehead atoms. The maximum Gasteiger partial charge on any atom is 0.292 e. The van der Waals surface area contributed by atoms with E-state index in [9.17, 15) is 4.79 Å². The van der Waals surface area contributed by atoms with E-state index >= 15 is 0 Å². The summed E-state index contributed by atoms with van der Waals surface area (Å²) in [6.45, 7) is 5.58. The first-order chi connectivity index (χ1) is 10.1. The first-order valence-corrected chi connectivity index (χ1v) is 6.87. The van der Waals surface area contributed by atoms with Gasteiger partial charge in [0.15, 0.2) is 6.39 Å². The van der Waals surface area contributed by atoms with E-state index in [1.54, 1.807) is 18.9 Å². The Bertz CT molecular complexity index is 661. The third-order valence-corrected chi connectivity index (χ3v) is 3.87. The lowest BCUT2D eigenvalue weighted by molar-refractivity contribution is 0.0599. The monoisotopic (exact) mass is 290 g/mol. The fourth-order valence-corrected chi connectivity index (χ4v) is 2.74. The van der Waals surface area contributed by atoms with Gasteiger partial charge in [-0.25, -0.2) is 9.97 Å². The zero-order chi connectivity index (χ0) is 15.0. The Kier molecular flexibility index (Phi) is 3.50. The van der Waals surface area contributed by atoms with E-state index in [2.05, 4.69) is 14.5 Å². The highest BCUT2D eigenvalue weighted by molar-refractivity contribution is 5.92. The highest BCUT2D eigenvalue weighted by Gasteiger charge is 2.32. The van der Waals surface area contributed by atoms with Crippen molar-refractivity contribution in [3.63, 3.8) is 0 Å². The molecule has 2 aromatic rings. The fraction of sp³-hybridized carbons (Fsp3) is 0.500. The Hall–Kier alpha value is -2.15. The van der Waals surface area contributed by atoms with Gasteiger partial charge >= 0.3 is 0 Å². The lowest BCUT2D eigenvalue weighted by atomic mass is 10.2.